The lowest BCUT2D eigenvalue weighted by molar-refractivity contribution is -0.00941. The molecule has 7 heteroatoms. The van der Waals surface area contributed by atoms with Crippen molar-refractivity contribution in [1.29, 1.82) is 0 Å². The average Bonchev–Trinajstić information content (AvgIpc) is 3.41. The normalized spacial score (nSPS) is 20.2. The van der Waals surface area contributed by atoms with E-state index in [2.05, 4.69) is 22.4 Å². The largest absolute Gasteiger partial charge is 0.378 e. The van der Waals surface area contributed by atoms with Crippen molar-refractivity contribution in [2.75, 3.05) is 20.2 Å². The first-order chi connectivity index (χ1) is 18.0. The van der Waals surface area contributed by atoms with Gasteiger partial charge in [-0.1, -0.05) is 42.5 Å². The van der Waals surface area contributed by atoms with Gasteiger partial charge in [-0.05, 0) is 48.2 Å². The van der Waals surface area contributed by atoms with Gasteiger partial charge in [-0.25, -0.2) is 0 Å². The van der Waals surface area contributed by atoms with E-state index in [9.17, 15) is 9.59 Å². The quantitative estimate of drug-likeness (QED) is 0.460. The maximum Gasteiger partial charge on any atom is 0.270 e. The van der Waals surface area contributed by atoms with E-state index in [0.29, 0.717) is 24.3 Å². The number of amides is 2. The van der Waals surface area contributed by atoms with Crippen molar-refractivity contribution in [3.05, 3.63) is 102 Å². The molecule has 0 saturated carbocycles. The predicted molar refractivity (Wildman–Crippen MR) is 141 cm³/mol. The molecule has 37 heavy (non-hydrogen) atoms. The van der Waals surface area contributed by atoms with Crippen molar-refractivity contribution in [1.82, 2.24) is 19.8 Å². The number of benzene rings is 2. The molecule has 188 valence electrons. The summed E-state index contributed by atoms with van der Waals surface area (Å²) in [7, 11) is 3.67. The predicted octanol–water partition coefficient (Wildman–Crippen LogP) is 4.25. The van der Waals surface area contributed by atoms with E-state index in [1.165, 1.54) is 5.56 Å². The minimum absolute atomic E-state index is 0.0522. The molecule has 0 radical (unpaired) electrons. The van der Waals surface area contributed by atoms with Crippen molar-refractivity contribution < 1.29 is 14.3 Å². The van der Waals surface area contributed by atoms with Crippen LogP contribution in [-0.4, -0.2) is 52.6 Å². The molecule has 2 aliphatic rings. The molecule has 3 heterocycles. The second kappa shape index (κ2) is 9.16. The summed E-state index contributed by atoms with van der Waals surface area (Å²) in [6.45, 7) is 1.25. The van der Waals surface area contributed by atoms with E-state index < -0.39 is 0 Å². The Bertz CT molecular complexity index is 1470. The van der Waals surface area contributed by atoms with Gasteiger partial charge >= 0.3 is 0 Å². The molecule has 4 aromatic rings. The van der Waals surface area contributed by atoms with Gasteiger partial charge < -0.3 is 19.5 Å². The van der Waals surface area contributed by atoms with E-state index in [1.807, 2.05) is 59.0 Å². The van der Waals surface area contributed by atoms with Crippen LogP contribution in [0.15, 0.2) is 79.1 Å². The molecular weight excluding hydrogens is 464 g/mol. The molecule has 2 amide bonds. The number of hydrogen-bond donors (Lipinski definition) is 1. The van der Waals surface area contributed by atoms with Crippen LogP contribution in [0, 0.1) is 0 Å². The molecule has 1 saturated heterocycles. The summed E-state index contributed by atoms with van der Waals surface area (Å²) in [5.74, 6) is -0.0963. The molecule has 2 aromatic heterocycles. The van der Waals surface area contributed by atoms with Crippen LogP contribution in [0.1, 0.15) is 50.9 Å². The Morgan fingerprint density at radius 3 is 2.43 bits per heavy atom. The zero-order valence-corrected chi connectivity index (χ0v) is 21.1. The molecule has 6 rings (SSSR count). The fourth-order valence-corrected chi connectivity index (χ4v) is 6.42. The molecule has 2 aromatic carbocycles. The summed E-state index contributed by atoms with van der Waals surface area (Å²) in [6, 6.07) is 21.5. The Hall–Kier alpha value is -3.97. The highest BCUT2D eigenvalue weighted by molar-refractivity contribution is 5.99. The SMILES string of the molecule is CO[C@H]1[C@H](NC(=O)c2ccncc2)c2ccccc2C12CCN(C(=O)c1cc3ccccc3n1C)CC2. The highest BCUT2D eigenvalue weighted by atomic mass is 16.5. The second-order valence-corrected chi connectivity index (χ2v) is 10.0. The zero-order valence-electron chi connectivity index (χ0n) is 21.1. The molecule has 0 bridgehead atoms. The third-order valence-corrected chi connectivity index (χ3v) is 8.28. The smallest absolute Gasteiger partial charge is 0.270 e. The van der Waals surface area contributed by atoms with E-state index in [-0.39, 0.29) is 29.4 Å². The highest BCUT2D eigenvalue weighted by Gasteiger charge is 2.54. The Labute approximate surface area is 216 Å². The van der Waals surface area contributed by atoms with Crippen molar-refractivity contribution in [2.45, 2.75) is 30.4 Å². The number of likely N-dealkylation sites (tertiary alicyclic amines) is 1. The van der Waals surface area contributed by atoms with Gasteiger partial charge in [-0.2, -0.15) is 0 Å². The number of hydrogen-bond acceptors (Lipinski definition) is 4. The molecule has 1 aliphatic carbocycles. The number of ether oxygens (including phenoxy) is 1. The van der Waals surface area contributed by atoms with Crippen LogP contribution in [0.5, 0.6) is 0 Å². The van der Waals surface area contributed by atoms with Crippen molar-refractivity contribution in [3.63, 3.8) is 0 Å². The van der Waals surface area contributed by atoms with Crippen LogP contribution in [0.4, 0.5) is 0 Å². The average molecular weight is 495 g/mol. The molecule has 1 fully saturated rings. The molecule has 1 N–H and O–H groups in total. The fraction of sp³-hybridized carbons (Fsp3) is 0.300. The standard InChI is InChI=1S/C30H30N4O3/c1-33-24-10-6-3-7-21(24)19-25(33)29(36)34-17-13-30(14-18-34)23-9-5-4-8-22(23)26(27(30)37-2)32-28(35)20-11-15-31-16-12-20/h3-12,15-16,19,26-27H,13-14,17-18H2,1-2H3,(H,32,35)/t26-,27+/m1/s1. The summed E-state index contributed by atoms with van der Waals surface area (Å²) >= 11 is 0. The first-order valence-corrected chi connectivity index (χ1v) is 12.7. The third-order valence-electron chi connectivity index (χ3n) is 8.28. The molecule has 0 unspecified atom stereocenters. The van der Waals surface area contributed by atoms with Crippen LogP contribution in [0.3, 0.4) is 0 Å². The molecule has 7 nitrogen and oxygen atoms in total. The summed E-state index contributed by atoms with van der Waals surface area (Å²) in [5, 5.41) is 4.30. The van der Waals surface area contributed by atoms with Gasteiger partial charge in [-0.3, -0.25) is 14.6 Å². The van der Waals surface area contributed by atoms with Crippen LogP contribution in [0.2, 0.25) is 0 Å². The van der Waals surface area contributed by atoms with Crippen molar-refractivity contribution in [3.8, 4) is 0 Å². The van der Waals surface area contributed by atoms with Gasteiger partial charge in [0.25, 0.3) is 11.8 Å². The van der Waals surface area contributed by atoms with Crippen LogP contribution >= 0.6 is 0 Å². The maximum absolute atomic E-state index is 13.6. The topological polar surface area (TPSA) is 76.5 Å². The number of carbonyl (C=O) groups is 2. The highest BCUT2D eigenvalue weighted by Crippen LogP contribution is 2.52. The molecule has 2 atom stereocenters. The van der Waals surface area contributed by atoms with Crippen LogP contribution in [0.25, 0.3) is 10.9 Å². The van der Waals surface area contributed by atoms with E-state index in [4.69, 9.17) is 4.74 Å². The number of aromatic nitrogens is 2. The monoisotopic (exact) mass is 494 g/mol. The van der Waals surface area contributed by atoms with Gasteiger partial charge in [0.1, 0.15) is 5.69 Å². The van der Waals surface area contributed by atoms with Gasteiger partial charge in [-0.15, -0.1) is 0 Å². The van der Waals surface area contributed by atoms with E-state index in [1.54, 1.807) is 31.6 Å². The number of nitrogens with one attached hydrogen (secondary N) is 1. The van der Waals surface area contributed by atoms with Gasteiger partial charge in [0, 0.05) is 61.5 Å². The molecule has 1 aliphatic heterocycles. The van der Waals surface area contributed by atoms with Crippen LogP contribution < -0.4 is 5.32 Å². The maximum atomic E-state index is 13.6. The number of carbonyl (C=O) groups excluding carboxylic acids is 2. The number of fused-ring (bicyclic) bond motifs is 3. The number of pyridine rings is 1. The van der Waals surface area contributed by atoms with E-state index in [0.717, 1.165) is 29.3 Å². The van der Waals surface area contributed by atoms with Crippen molar-refractivity contribution >= 4 is 22.7 Å². The summed E-state index contributed by atoms with van der Waals surface area (Å²) in [5.41, 5.74) is 4.34. The lowest BCUT2D eigenvalue weighted by Gasteiger charge is -2.44. The first kappa shape index (κ1) is 23.4. The minimum Gasteiger partial charge on any atom is -0.378 e. The number of aryl methyl sites for hydroxylation is 1. The molecular formula is C30H30N4O3. The number of para-hydroxylation sites is 1. The summed E-state index contributed by atoms with van der Waals surface area (Å²) < 4.78 is 8.12. The van der Waals surface area contributed by atoms with Gasteiger partial charge in [0.2, 0.25) is 0 Å². The lowest BCUT2D eigenvalue weighted by Crippen LogP contribution is -2.51. The fourth-order valence-electron chi connectivity index (χ4n) is 6.42. The zero-order chi connectivity index (χ0) is 25.6. The Balaban J connectivity index is 1.27. The number of nitrogens with zero attached hydrogens (tertiary/aromatic N) is 3. The molecule has 1 spiro atoms. The van der Waals surface area contributed by atoms with Crippen LogP contribution in [-0.2, 0) is 17.2 Å². The van der Waals surface area contributed by atoms with Gasteiger partial charge in [0.15, 0.2) is 0 Å². The first-order valence-electron chi connectivity index (χ1n) is 12.7. The van der Waals surface area contributed by atoms with Gasteiger partial charge in [0.05, 0.1) is 12.1 Å². The Morgan fingerprint density at radius 2 is 1.70 bits per heavy atom. The minimum atomic E-state index is -0.281. The number of rotatable bonds is 4. The second-order valence-electron chi connectivity index (χ2n) is 10.0. The van der Waals surface area contributed by atoms with Crippen molar-refractivity contribution in [2.24, 2.45) is 7.05 Å². The Morgan fingerprint density at radius 1 is 1.00 bits per heavy atom. The van der Waals surface area contributed by atoms with E-state index >= 15 is 0 Å². The lowest BCUT2D eigenvalue weighted by atomic mass is 9.71. The summed E-state index contributed by atoms with van der Waals surface area (Å²) in [6.07, 6.45) is 4.54. The number of methoxy groups -OCH3 is 1. The Kier molecular flexibility index (Phi) is 5.80. The third kappa shape index (κ3) is 3.73. The summed E-state index contributed by atoms with van der Waals surface area (Å²) in [4.78, 5) is 32.6. The number of piperidine rings is 1.